The molecular formula is C25H18F3NO4S. The zero-order valence-corrected chi connectivity index (χ0v) is 18.4. The average Bonchev–Trinajstić information content (AvgIpc) is 3.36. The molecule has 34 heavy (non-hydrogen) atoms. The fourth-order valence-electron chi connectivity index (χ4n) is 4.43. The number of aromatic hydroxyl groups is 1. The van der Waals surface area contributed by atoms with E-state index in [0.717, 1.165) is 35.2 Å². The molecule has 0 radical (unpaired) electrons. The molecule has 5 nitrogen and oxygen atoms in total. The minimum atomic E-state index is -4.46. The van der Waals surface area contributed by atoms with E-state index in [1.54, 1.807) is 24.3 Å². The second kappa shape index (κ2) is 8.32. The van der Waals surface area contributed by atoms with Crippen molar-refractivity contribution in [2.75, 3.05) is 0 Å². The maximum atomic E-state index is 13.0. The van der Waals surface area contributed by atoms with E-state index in [0.29, 0.717) is 17.7 Å². The van der Waals surface area contributed by atoms with Gasteiger partial charge >= 0.3 is 6.18 Å². The number of fused-ring (bicyclic) bond motifs is 1. The van der Waals surface area contributed by atoms with Crippen LogP contribution in [0, 0.1) is 0 Å². The van der Waals surface area contributed by atoms with E-state index in [-0.39, 0.29) is 22.3 Å². The van der Waals surface area contributed by atoms with Gasteiger partial charge in [0.05, 0.1) is 10.5 Å². The van der Waals surface area contributed by atoms with E-state index < -0.39 is 28.6 Å². The van der Waals surface area contributed by atoms with Crippen LogP contribution in [0.15, 0.2) is 66.7 Å². The molecule has 174 valence electrons. The van der Waals surface area contributed by atoms with Gasteiger partial charge in [0.1, 0.15) is 17.2 Å². The van der Waals surface area contributed by atoms with Crippen LogP contribution < -0.4 is 9.46 Å². The molecule has 0 bridgehead atoms. The van der Waals surface area contributed by atoms with Crippen molar-refractivity contribution >= 4 is 21.8 Å². The van der Waals surface area contributed by atoms with Crippen LogP contribution in [0.3, 0.4) is 0 Å². The zero-order chi connectivity index (χ0) is 24.0. The van der Waals surface area contributed by atoms with Crippen molar-refractivity contribution in [3.8, 4) is 17.2 Å². The first-order chi connectivity index (χ1) is 16.2. The highest BCUT2D eigenvalue weighted by atomic mass is 32.2. The van der Waals surface area contributed by atoms with E-state index in [1.807, 2.05) is 12.1 Å². The predicted octanol–water partition coefficient (Wildman–Crippen LogP) is 5.42. The van der Waals surface area contributed by atoms with Crippen LogP contribution >= 0.6 is 0 Å². The SMILES string of the molecule is O=C1C=C(c2ccc([C@H]3CCc4c(Oc5cccc(C(F)(F)F)c5)cccc43)cc2O)S(=O)N1. The van der Waals surface area contributed by atoms with Gasteiger partial charge in [-0.3, -0.25) is 9.52 Å². The fraction of sp³-hybridized carbons (Fsp3) is 0.160. The molecule has 1 unspecified atom stereocenters. The molecule has 1 aliphatic heterocycles. The Bertz CT molecular complexity index is 1370. The van der Waals surface area contributed by atoms with Crippen LogP contribution in [0.4, 0.5) is 13.2 Å². The van der Waals surface area contributed by atoms with Gasteiger partial charge in [-0.1, -0.05) is 24.3 Å². The molecule has 3 aromatic rings. The van der Waals surface area contributed by atoms with E-state index in [2.05, 4.69) is 4.72 Å². The lowest BCUT2D eigenvalue weighted by Crippen LogP contribution is -2.16. The van der Waals surface area contributed by atoms with Crippen molar-refractivity contribution in [2.24, 2.45) is 0 Å². The number of ether oxygens (including phenoxy) is 1. The van der Waals surface area contributed by atoms with Crippen molar-refractivity contribution in [2.45, 2.75) is 24.9 Å². The predicted molar refractivity (Wildman–Crippen MR) is 120 cm³/mol. The number of benzene rings is 3. The Morgan fingerprint density at radius 1 is 1.06 bits per heavy atom. The normalized spacial score (nSPS) is 19.5. The average molecular weight is 485 g/mol. The molecule has 2 N–H and O–H groups in total. The number of hydrogen-bond acceptors (Lipinski definition) is 4. The Morgan fingerprint density at radius 2 is 1.85 bits per heavy atom. The number of rotatable bonds is 4. The number of carbonyl (C=O) groups excluding carboxylic acids is 1. The first kappa shape index (κ1) is 22.2. The lowest BCUT2D eigenvalue weighted by atomic mass is 9.92. The quantitative estimate of drug-likeness (QED) is 0.518. The molecule has 0 spiro atoms. The van der Waals surface area contributed by atoms with Crippen LogP contribution in [-0.2, 0) is 28.4 Å². The molecule has 9 heteroatoms. The van der Waals surface area contributed by atoms with Crippen LogP contribution in [-0.4, -0.2) is 15.2 Å². The summed E-state index contributed by atoms with van der Waals surface area (Å²) in [5.74, 6) is -0.0120. The summed E-state index contributed by atoms with van der Waals surface area (Å²) in [5.41, 5.74) is 2.25. The fourth-order valence-corrected chi connectivity index (χ4v) is 5.36. The Kier molecular flexibility index (Phi) is 5.44. The summed E-state index contributed by atoms with van der Waals surface area (Å²) in [7, 11) is -1.71. The third-order valence-electron chi connectivity index (χ3n) is 5.96. The van der Waals surface area contributed by atoms with Gasteiger partial charge in [0.25, 0.3) is 5.91 Å². The van der Waals surface area contributed by atoms with E-state index >= 15 is 0 Å². The van der Waals surface area contributed by atoms with Crippen molar-refractivity contribution < 1.29 is 32.0 Å². The number of halogens is 3. The highest BCUT2D eigenvalue weighted by Crippen LogP contribution is 2.45. The summed E-state index contributed by atoms with van der Waals surface area (Å²) >= 11 is 0. The van der Waals surface area contributed by atoms with Gasteiger partial charge in [0.2, 0.25) is 0 Å². The molecule has 0 aromatic heterocycles. The molecule has 5 rings (SSSR count). The van der Waals surface area contributed by atoms with E-state index in [9.17, 15) is 27.3 Å². The first-order valence-corrected chi connectivity index (χ1v) is 11.6. The van der Waals surface area contributed by atoms with Gasteiger partial charge in [-0.15, -0.1) is 0 Å². The summed E-state index contributed by atoms with van der Waals surface area (Å²) in [4.78, 5) is 11.7. The lowest BCUT2D eigenvalue weighted by Gasteiger charge is -2.16. The monoisotopic (exact) mass is 485 g/mol. The molecule has 0 saturated heterocycles. The second-order valence-electron chi connectivity index (χ2n) is 8.06. The highest BCUT2D eigenvalue weighted by Gasteiger charge is 2.31. The maximum absolute atomic E-state index is 13.0. The minimum Gasteiger partial charge on any atom is -0.507 e. The standard InChI is InChI=1S/C25H18F3NO4S/c26-25(27,28)15-3-1-4-16(12-15)33-22-6-2-5-18-17(9-10-19(18)22)14-7-8-20(21(30)11-14)23-13-24(31)29-34(23)32/h1-8,11-13,17,30H,9-10H2,(H,29,31)/t17-,34?/m1/s1. The summed E-state index contributed by atoms with van der Waals surface area (Å²) < 4.78 is 59.3. The molecule has 0 fully saturated rings. The molecule has 3 aromatic carbocycles. The summed E-state index contributed by atoms with van der Waals surface area (Å²) in [6.07, 6.45) is -1.87. The number of alkyl halides is 3. The lowest BCUT2D eigenvalue weighted by molar-refractivity contribution is -0.137. The van der Waals surface area contributed by atoms with Gasteiger partial charge in [0.15, 0.2) is 11.0 Å². The first-order valence-electron chi connectivity index (χ1n) is 10.4. The van der Waals surface area contributed by atoms with Gasteiger partial charge in [0, 0.05) is 17.6 Å². The number of nitrogens with one attached hydrogen (secondary N) is 1. The molecule has 2 atom stereocenters. The Morgan fingerprint density at radius 3 is 2.56 bits per heavy atom. The highest BCUT2D eigenvalue weighted by molar-refractivity contribution is 7.94. The van der Waals surface area contributed by atoms with Gasteiger partial charge in [-0.2, -0.15) is 13.2 Å². The molecule has 1 heterocycles. The van der Waals surface area contributed by atoms with Gasteiger partial charge in [-0.05, 0) is 65.9 Å². The van der Waals surface area contributed by atoms with Crippen molar-refractivity contribution in [3.63, 3.8) is 0 Å². The van der Waals surface area contributed by atoms with Gasteiger partial charge < -0.3 is 9.84 Å². The molecule has 2 aliphatic rings. The molecule has 1 aliphatic carbocycles. The van der Waals surface area contributed by atoms with Gasteiger partial charge in [-0.25, -0.2) is 4.21 Å². The maximum Gasteiger partial charge on any atom is 0.416 e. The molecule has 0 saturated carbocycles. The number of phenols is 1. The van der Waals surface area contributed by atoms with Crippen molar-refractivity contribution in [3.05, 3.63) is 94.6 Å². The molecule has 1 amide bonds. The summed E-state index contributed by atoms with van der Waals surface area (Å²) in [6, 6.07) is 15.3. The zero-order valence-electron chi connectivity index (χ0n) is 17.6. The molecular weight excluding hydrogens is 467 g/mol. The summed E-state index contributed by atoms with van der Waals surface area (Å²) in [6.45, 7) is 0. The van der Waals surface area contributed by atoms with Crippen molar-refractivity contribution in [1.82, 2.24) is 4.72 Å². The number of carbonyl (C=O) groups is 1. The van der Waals surface area contributed by atoms with Crippen LogP contribution in [0.5, 0.6) is 17.2 Å². The Balaban J connectivity index is 1.43. The van der Waals surface area contributed by atoms with Crippen LogP contribution in [0.2, 0.25) is 0 Å². The van der Waals surface area contributed by atoms with Crippen LogP contribution in [0.1, 0.15) is 40.2 Å². The largest absolute Gasteiger partial charge is 0.507 e. The smallest absolute Gasteiger partial charge is 0.416 e. The third-order valence-corrected chi connectivity index (χ3v) is 7.09. The van der Waals surface area contributed by atoms with Crippen LogP contribution in [0.25, 0.3) is 4.91 Å². The second-order valence-corrected chi connectivity index (χ2v) is 9.24. The number of amides is 1. The summed E-state index contributed by atoms with van der Waals surface area (Å²) in [5, 5.41) is 10.6. The Hall–Kier alpha value is -3.59. The van der Waals surface area contributed by atoms with Crippen molar-refractivity contribution in [1.29, 1.82) is 0 Å². The van der Waals surface area contributed by atoms with E-state index in [1.165, 1.54) is 18.2 Å². The topological polar surface area (TPSA) is 75.6 Å². The number of hydrogen-bond donors (Lipinski definition) is 2. The van der Waals surface area contributed by atoms with E-state index in [4.69, 9.17) is 4.74 Å². The Labute approximate surface area is 195 Å². The number of phenolic OH excluding ortho intramolecular Hbond substituents is 1. The third kappa shape index (κ3) is 4.07. The minimum absolute atomic E-state index is 0.0529.